The van der Waals surface area contributed by atoms with E-state index >= 15 is 0 Å². The molecule has 90 valence electrons. The maximum Gasteiger partial charge on any atom is -0.0357 e. The molecule has 0 radical (unpaired) electrons. The van der Waals surface area contributed by atoms with E-state index in [-0.39, 0.29) is 0 Å². The zero-order chi connectivity index (χ0) is 11.4. The first-order valence-corrected chi connectivity index (χ1v) is 7.08. The molecule has 0 aromatic heterocycles. The first-order valence-electron chi connectivity index (χ1n) is 7.08. The maximum atomic E-state index is 2.44. The van der Waals surface area contributed by atoms with Crippen LogP contribution in [0.5, 0.6) is 0 Å². The van der Waals surface area contributed by atoms with Gasteiger partial charge in [-0.1, -0.05) is 47.5 Å². The van der Waals surface area contributed by atoms with E-state index < -0.39 is 0 Å². The van der Waals surface area contributed by atoms with Crippen molar-refractivity contribution in [3.05, 3.63) is 0 Å². The fraction of sp³-hybridized carbons (Fsp3) is 1.00. The standard InChI is InChI=1S/C15H30/c1-6-12(5)15-10-14(15)9-13(7-2)8-11(3)4/h11-15H,6-10H2,1-5H3. The molecule has 4 unspecified atom stereocenters. The second-order valence-corrected chi connectivity index (χ2v) is 6.18. The van der Waals surface area contributed by atoms with Crippen molar-refractivity contribution in [1.82, 2.24) is 0 Å². The summed E-state index contributed by atoms with van der Waals surface area (Å²) >= 11 is 0. The summed E-state index contributed by atoms with van der Waals surface area (Å²) in [4.78, 5) is 0. The Kier molecular flexibility index (Phi) is 5.15. The van der Waals surface area contributed by atoms with Gasteiger partial charge in [0.25, 0.3) is 0 Å². The van der Waals surface area contributed by atoms with Gasteiger partial charge in [0.15, 0.2) is 0 Å². The highest BCUT2D eigenvalue weighted by Gasteiger charge is 2.40. The highest BCUT2D eigenvalue weighted by Crippen LogP contribution is 2.49. The summed E-state index contributed by atoms with van der Waals surface area (Å²) < 4.78 is 0. The van der Waals surface area contributed by atoms with Crippen LogP contribution in [-0.4, -0.2) is 0 Å². The van der Waals surface area contributed by atoms with Crippen molar-refractivity contribution in [3.8, 4) is 0 Å². The molecule has 0 heterocycles. The Labute approximate surface area is 96.8 Å². The van der Waals surface area contributed by atoms with E-state index in [1.807, 2.05) is 0 Å². The maximum absolute atomic E-state index is 2.44. The SMILES string of the molecule is CCC(CC(C)C)CC1CC1C(C)CC. The normalized spacial score (nSPS) is 29.2. The third-order valence-electron chi connectivity index (χ3n) is 4.37. The largest absolute Gasteiger partial charge is 0.0651 e. The lowest BCUT2D eigenvalue weighted by Crippen LogP contribution is -2.06. The predicted molar refractivity (Wildman–Crippen MR) is 68.9 cm³/mol. The monoisotopic (exact) mass is 210 g/mol. The van der Waals surface area contributed by atoms with Crippen LogP contribution in [0.2, 0.25) is 0 Å². The number of rotatable bonds is 7. The van der Waals surface area contributed by atoms with Gasteiger partial charge in [0, 0.05) is 0 Å². The molecule has 0 N–H and O–H groups in total. The van der Waals surface area contributed by atoms with Gasteiger partial charge >= 0.3 is 0 Å². The minimum absolute atomic E-state index is 0.885. The Morgan fingerprint density at radius 1 is 1.07 bits per heavy atom. The van der Waals surface area contributed by atoms with Crippen LogP contribution in [0.3, 0.4) is 0 Å². The molecule has 1 aliphatic carbocycles. The molecule has 1 fully saturated rings. The third kappa shape index (κ3) is 4.17. The molecule has 0 nitrogen and oxygen atoms in total. The minimum atomic E-state index is 0.885. The van der Waals surface area contributed by atoms with Crippen LogP contribution in [-0.2, 0) is 0 Å². The van der Waals surface area contributed by atoms with Crippen LogP contribution in [0.25, 0.3) is 0 Å². The van der Waals surface area contributed by atoms with Crippen molar-refractivity contribution in [2.45, 2.75) is 66.7 Å². The first kappa shape index (κ1) is 13.1. The average Bonchev–Trinajstić information content (AvgIpc) is 2.94. The van der Waals surface area contributed by atoms with Gasteiger partial charge in [-0.15, -0.1) is 0 Å². The first-order chi connectivity index (χ1) is 7.08. The summed E-state index contributed by atoms with van der Waals surface area (Å²) in [6.07, 6.45) is 7.26. The van der Waals surface area contributed by atoms with Crippen LogP contribution < -0.4 is 0 Å². The Bertz CT molecular complexity index is 171. The van der Waals surface area contributed by atoms with Crippen molar-refractivity contribution in [3.63, 3.8) is 0 Å². The van der Waals surface area contributed by atoms with Gasteiger partial charge in [0.2, 0.25) is 0 Å². The smallest absolute Gasteiger partial charge is 0.0357 e. The molecule has 0 heteroatoms. The predicted octanol–water partition coefficient (Wildman–Crippen LogP) is 5.13. The fourth-order valence-corrected chi connectivity index (χ4v) is 3.07. The van der Waals surface area contributed by atoms with Gasteiger partial charge in [0.05, 0.1) is 0 Å². The molecule has 0 spiro atoms. The topological polar surface area (TPSA) is 0 Å². The molecule has 0 saturated heterocycles. The second kappa shape index (κ2) is 5.92. The van der Waals surface area contributed by atoms with Gasteiger partial charge in [0.1, 0.15) is 0 Å². The lowest BCUT2D eigenvalue weighted by molar-refractivity contribution is 0.338. The summed E-state index contributed by atoms with van der Waals surface area (Å²) in [6, 6.07) is 0. The van der Waals surface area contributed by atoms with Gasteiger partial charge in [-0.3, -0.25) is 0 Å². The molecule has 4 atom stereocenters. The van der Waals surface area contributed by atoms with Crippen LogP contribution in [0.1, 0.15) is 66.7 Å². The molecule has 0 aliphatic heterocycles. The summed E-state index contributed by atoms with van der Waals surface area (Å²) in [7, 11) is 0. The van der Waals surface area contributed by atoms with E-state index in [4.69, 9.17) is 0 Å². The van der Waals surface area contributed by atoms with Crippen LogP contribution in [0, 0.1) is 29.6 Å². The summed E-state index contributed by atoms with van der Waals surface area (Å²) in [6.45, 7) is 11.9. The van der Waals surface area contributed by atoms with Crippen LogP contribution in [0.15, 0.2) is 0 Å². The summed E-state index contributed by atoms with van der Waals surface area (Å²) in [5.41, 5.74) is 0. The average molecular weight is 210 g/mol. The summed E-state index contributed by atoms with van der Waals surface area (Å²) in [5.74, 6) is 5.03. The Hall–Kier alpha value is 0. The molecule has 1 saturated carbocycles. The van der Waals surface area contributed by atoms with E-state index in [9.17, 15) is 0 Å². The second-order valence-electron chi connectivity index (χ2n) is 6.18. The molecule has 15 heavy (non-hydrogen) atoms. The van der Waals surface area contributed by atoms with Gasteiger partial charge < -0.3 is 0 Å². The number of hydrogen-bond donors (Lipinski definition) is 0. The molecule has 1 aliphatic rings. The molecule has 0 aromatic rings. The Balaban J connectivity index is 2.24. The van der Waals surface area contributed by atoms with E-state index in [0.717, 1.165) is 29.6 Å². The molecule has 0 aromatic carbocycles. The number of hydrogen-bond acceptors (Lipinski definition) is 0. The third-order valence-corrected chi connectivity index (χ3v) is 4.37. The van der Waals surface area contributed by atoms with E-state index in [1.54, 1.807) is 0 Å². The molecular formula is C15H30. The molecule has 0 amide bonds. The molecular weight excluding hydrogens is 180 g/mol. The zero-order valence-electron chi connectivity index (χ0n) is 11.4. The van der Waals surface area contributed by atoms with Crippen molar-refractivity contribution in [2.75, 3.05) is 0 Å². The highest BCUT2D eigenvalue weighted by atomic mass is 14.5. The minimum Gasteiger partial charge on any atom is -0.0651 e. The Morgan fingerprint density at radius 2 is 1.73 bits per heavy atom. The zero-order valence-corrected chi connectivity index (χ0v) is 11.4. The van der Waals surface area contributed by atoms with Crippen molar-refractivity contribution < 1.29 is 0 Å². The van der Waals surface area contributed by atoms with Crippen molar-refractivity contribution in [2.24, 2.45) is 29.6 Å². The van der Waals surface area contributed by atoms with Gasteiger partial charge in [-0.25, -0.2) is 0 Å². The van der Waals surface area contributed by atoms with Gasteiger partial charge in [-0.2, -0.15) is 0 Å². The lowest BCUT2D eigenvalue weighted by Gasteiger charge is -2.17. The van der Waals surface area contributed by atoms with E-state index in [0.29, 0.717) is 0 Å². The van der Waals surface area contributed by atoms with Crippen molar-refractivity contribution in [1.29, 1.82) is 0 Å². The van der Waals surface area contributed by atoms with E-state index in [1.165, 1.54) is 32.1 Å². The Morgan fingerprint density at radius 3 is 2.20 bits per heavy atom. The highest BCUT2D eigenvalue weighted by molar-refractivity contribution is 4.90. The van der Waals surface area contributed by atoms with Crippen molar-refractivity contribution >= 4 is 0 Å². The van der Waals surface area contributed by atoms with Crippen LogP contribution >= 0.6 is 0 Å². The fourth-order valence-electron chi connectivity index (χ4n) is 3.07. The quantitative estimate of drug-likeness (QED) is 0.546. The van der Waals surface area contributed by atoms with E-state index in [2.05, 4.69) is 34.6 Å². The molecule has 0 bridgehead atoms. The molecule has 1 rings (SSSR count). The summed E-state index contributed by atoms with van der Waals surface area (Å²) in [5, 5.41) is 0. The van der Waals surface area contributed by atoms with Crippen LogP contribution in [0.4, 0.5) is 0 Å². The lowest BCUT2D eigenvalue weighted by atomic mass is 9.88. The van der Waals surface area contributed by atoms with Gasteiger partial charge in [-0.05, 0) is 48.9 Å².